The summed E-state index contributed by atoms with van der Waals surface area (Å²) in [4.78, 5) is 4.66. The summed E-state index contributed by atoms with van der Waals surface area (Å²) in [5.41, 5.74) is 1.95. The lowest BCUT2D eigenvalue weighted by Gasteiger charge is -2.21. The van der Waals surface area contributed by atoms with Crippen molar-refractivity contribution in [3.8, 4) is 11.5 Å². The Labute approximate surface area is 157 Å². The van der Waals surface area contributed by atoms with Crippen LogP contribution in [0.25, 0.3) is 11.0 Å². The van der Waals surface area contributed by atoms with Crippen LogP contribution in [0.3, 0.4) is 0 Å². The van der Waals surface area contributed by atoms with E-state index < -0.39 is 10.0 Å². The summed E-state index contributed by atoms with van der Waals surface area (Å²) < 4.78 is 40.8. The molecule has 27 heavy (non-hydrogen) atoms. The van der Waals surface area contributed by atoms with Crippen LogP contribution >= 0.6 is 0 Å². The molecule has 0 bridgehead atoms. The van der Waals surface area contributed by atoms with Crippen LogP contribution in [0, 0.1) is 0 Å². The van der Waals surface area contributed by atoms with Crippen LogP contribution in [0.1, 0.15) is 12.5 Å². The largest absolute Gasteiger partial charge is 0.486 e. The second-order valence-corrected chi connectivity index (χ2v) is 8.69. The molecule has 0 spiro atoms. The predicted octanol–water partition coefficient (Wildman–Crippen LogP) is 2.44. The molecule has 0 saturated carbocycles. The summed E-state index contributed by atoms with van der Waals surface area (Å²) in [6, 6.07) is 12.8. The molecule has 0 radical (unpaired) electrons. The third-order valence-electron chi connectivity index (χ3n) is 5.15. The molecule has 2 aliphatic heterocycles. The second kappa shape index (κ2) is 6.24. The minimum absolute atomic E-state index is 0.0735. The lowest BCUT2D eigenvalue weighted by Crippen LogP contribution is -2.29. The maximum atomic E-state index is 13.1. The Hall–Kier alpha value is -2.58. The van der Waals surface area contributed by atoms with E-state index >= 15 is 0 Å². The lowest BCUT2D eigenvalue weighted by atomic mass is 10.2. The van der Waals surface area contributed by atoms with Gasteiger partial charge >= 0.3 is 0 Å². The van der Waals surface area contributed by atoms with E-state index in [9.17, 15) is 8.42 Å². The molecule has 7 nitrogen and oxygen atoms in total. The number of benzene rings is 2. The highest BCUT2D eigenvalue weighted by atomic mass is 32.2. The number of imidazole rings is 1. The van der Waals surface area contributed by atoms with E-state index in [4.69, 9.17) is 9.47 Å². The summed E-state index contributed by atoms with van der Waals surface area (Å²) in [5, 5.41) is 0. The highest BCUT2D eigenvalue weighted by molar-refractivity contribution is 7.89. The third kappa shape index (κ3) is 2.76. The molecule has 140 valence electrons. The topological polar surface area (TPSA) is 73.7 Å². The number of rotatable bonds is 3. The van der Waals surface area contributed by atoms with Crippen molar-refractivity contribution in [2.24, 2.45) is 0 Å². The molecule has 3 aromatic rings. The number of aromatic nitrogens is 2. The summed E-state index contributed by atoms with van der Waals surface area (Å²) in [5.74, 6) is 1.07. The third-order valence-corrected chi connectivity index (χ3v) is 7.01. The monoisotopic (exact) mass is 385 g/mol. The van der Waals surface area contributed by atoms with Gasteiger partial charge in [0.15, 0.2) is 11.5 Å². The zero-order valence-electron chi connectivity index (χ0n) is 14.6. The number of fused-ring (bicyclic) bond motifs is 2. The van der Waals surface area contributed by atoms with Crippen LogP contribution in [0.4, 0.5) is 0 Å². The minimum Gasteiger partial charge on any atom is -0.486 e. The maximum absolute atomic E-state index is 13.1. The first-order valence-corrected chi connectivity index (χ1v) is 10.4. The molecule has 2 aliphatic rings. The van der Waals surface area contributed by atoms with Gasteiger partial charge in [0.25, 0.3) is 0 Å². The Balaban J connectivity index is 1.42. The molecule has 0 amide bonds. The van der Waals surface area contributed by atoms with Gasteiger partial charge in [-0.25, -0.2) is 13.4 Å². The summed E-state index contributed by atoms with van der Waals surface area (Å²) in [7, 11) is -3.59. The van der Waals surface area contributed by atoms with Gasteiger partial charge < -0.3 is 14.0 Å². The first kappa shape index (κ1) is 16.6. The van der Waals surface area contributed by atoms with E-state index in [1.54, 1.807) is 24.5 Å². The standard InChI is InChI=1S/C19H19N3O4S/c23-27(24,15-5-6-18-19(11-15)26-10-9-25-18)21-8-7-14(12-21)22-13-20-16-3-1-2-4-17(16)22/h1-6,11,13-14H,7-10,12H2/t14-/m1/s1. The van der Waals surface area contributed by atoms with Gasteiger partial charge in [-0.2, -0.15) is 4.31 Å². The van der Waals surface area contributed by atoms with Crippen LogP contribution in [0.5, 0.6) is 11.5 Å². The van der Waals surface area contributed by atoms with Gasteiger partial charge in [0.1, 0.15) is 13.2 Å². The molecular formula is C19H19N3O4S. The van der Waals surface area contributed by atoms with E-state index in [1.807, 2.05) is 24.3 Å². The average molecular weight is 385 g/mol. The Morgan fingerprint density at radius 1 is 1.04 bits per heavy atom. The number of sulfonamides is 1. The van der Waals surface area contributed by atoms with E-state index in [-0.39, 0.29) is 10.9 Å². The number of hydrogen-bond acceptors (Lipinski definition) is 5. The fourth-order valence-electron chi connectivity index (χ4n) is 3.76. The number of hydrogen-bond donors (Lipinski definition) is 0. The molecule has 1 aromatic heterocycles. The van der Waals surface area contributed by atoms with Crippen molar-refractivity contribution in [2.45, 2.75) is 17.4 Å². The molecule has 3 heterocycles. The van der Waals surface area contributed by atoms with E-state index in [1.165, 1.54) is 4.31 Å². The van der Waals surface area contributed by atoms with Gasteiger partial charge in [-0.1, -0.05) is 12.1 Å². The van der Waals surface area contributed by atoms with Crippen molar-refractivity contribution in [1.82, 2.24) is 13.9 Å². The highest BCUT2D eigenvalue weighted by Crippen LogP contribution is 2.35. The molecule has 1 fully saturated rings. The predicted molar refractivity (Wildman–Crippen MR) is 99.6 cm³/mol. The molecule has 1 atom stereocenters. The summed E-state index contributed by atoms with van der Waals surface area (Å²) >= 11 is 0. The first-order chi connectivity index (χ1) is 13.1. The van der Waals surface area contributed by atoms with E-state index in [0.717, 1.165) is 17.5 Å². The maximum Gasteiger partial charge on any atom is 0.243 e. The van der Waals surface area contributed by atoms with Crippen LogP contribution in [0.15, 0.2) is 53.7 Å². The molecule has 8 heteroatoms. The van der Waals surface area contributed by atoms with Gasteiger partial charge in [0, 0.05) is 19.2 Å². The van der Waals surface area contributed by atoms with Crippen molar-refractivity contribution < 1.29 is 17.9 Å². The average Bonchev–Trinajstić information content (AvgIpc) is 3.35. The smallest absolute Gasteiger partial charge is 0.243 e. The van der Waals surface area contributed by atoms with Gasteiger partial charge in [0.05, 0.1) is 28.3 Å². The van der Waals surface area contributed by atoms with Crippen molar-refractivity contribution in [3.63, 3.8) is 0 Å². The zero-order valence-corrected chi connectivity index (χ0v) is 15.4. The molecule has 5 rings (SSSR count). The number of nitrogens with zero attached hydrogens (tertiary/aromatic N) is 3. The summed E-state index contributed by atoms with van der Waals surface area (Å²) in [6.07, 6.45) is 2.56. The van der Waals surface area contributed by atoms with Crippen LogP contribution in [0.2, 0.25) is 0 Å². The zero-order chi connectivity index (χ0) is 18.4. The first-order valence-electron chi connectivity index (χ1n) is 8.94. The quantitative estimate of drug-likeness (QED) is 0.692. The molecule has 0 aliphatic carbocycles. The molecule has 0 N–H and O–H groups in total. The Morgan fingerprint density at radius 2 is 1.85 bits per heavy atom. The van der Waals surface area contributed by atoms with Crippen LogP contribution in [-0.2, 0) is 10.0 Å². The van der Waals surface area contributed by atoms with E-state index in [2.05, 4.69) is 9.55 Å². The fourth-order valence-corrected chi connectivity index (χ4v) is 5.27. The van der Waals surface area contributed by atoms with Gasteiger partial charge in [0.2, 0.25) is 10.0 Å². The lowest BCUT2D eigenvalue weighted by molar-refractivity contribution is 0.171. The highest BCUT2D eigenvalue weighted by Gasteiger charge is 2.34. The minimum atomic E-state index is -3.59. The van der Waals surface area contributed by atoms with Crippen LogP contribution < -0.4 is 9.47 Å². The van der Waals surface area contributed by atoms with Crippen molar-refractivity contribution in [3.05, 3.63) is 48.8 Å². The van der Waals surface area contributed by atoms with Crippen molar-refractivity contribution >= 4 is 21.1 Å². The molecule has 2 aromatic carbocycles. The van der Waals surface area contributed by atoms with Crippen molar-refractivity contribution in [2.75, 3.05) is 26.3 Å². The van der Waals surface area contributed by atoms with Gasteiger partial charge in [-0.3, -0.25) is 0 Å². The van der Waals surface area contributed by atoms with Gasteiger partial charge in [-0.05, 0) is 30.7 Å². The second-order valence-electron chi connectivity index (χ2n) is 6.75. The number of para-hydroxylation sites is 2. The van der Waals surface area contributed by atoms with Gasteiger partial charge in [-0.15, -0.1) is 0 Å². The number of ether oxygens (including phenoxy) is 2. The normalized spacial score (nSPS) is 20.2. The molecular weight excluding hydrogens is 366 g/mol. The Kier molecular flexibility index (Phi) is 3.84. The molecule has 0 unspecified atom stereocenters. The Morgan fingerprint density at radius 3 is 2.74 bits per heavy atom. The van der Waals surface area contributed by atoms with E-state index in [0.29, 0.717) is 37.8 Å². The fraction of sp³-hybridized carbons (Fsp3) is 0.316. The molecule has 1 saturated heterocycles. The Bertz CT molecular complexity index is 1110. The summed E-state index contributed by atoms with van der Waals surface area (Å²) in [6.45, 7) is 1.81. The van der Waals surface area contributed by atoms with Crippen molar-refractivity contribution in [1.29, 1.82) is 0 Å². The SMILES string of the molecule is O=S(=O)(c1ccc2c(c1)OCCO2)N1CC[C@@H](n2cnc3ccccc32)C1. The van der Waals surface area contributed by atoms with Crippen LogP contribution in [-0.4, -0.2) is 48.6 Å².